The van der Waals surface area contributed by atoms with E-state index in [2.05, 4.69) is 10.7 Å². The molecule has 4 amide bonds. The van der Waals surface area contributed by atoms with Crippen molar-refractivity contribution in [3.05, 3.63) is 168 Å². The van der Waals surface area contributed by atoms with E-state index in [1.165, 1.54) is 4.90 Å². The van der Waals surface area contributed by atoms with Gasteiger partial charge in [0.1, 0.15) is 11.5 Å². The summed E-state index contributed by atoms with van der Waals surface area (Å²) in [6, 6.07) is 38.9. The molecule has 0 radical (unpaired) electrons. The molecule has 5 aromatic rings. The van der Waals surface area contributed by atoms with Gasteiger partial charge in [-0.3, -0.25) is 29.5 Å². The Morgan fingerprint density at radius 1 is 0.741 bits per heavy atom. The smallest absolute Gasteiger partial charge is 0.260 e. The maximum Gasteiger partial charge on any atom is 0.260 e. The highest BCUT2D eigenvalue weighted by atomic mass is 16.5. The molecule has 10 nitrogen and oxygen atoms in total. The number of aromatic hydroxyl groups is 1. The fourth-order valence-corrected chi connectivity index (χ4v) is 10.2. The minimum Gasteiger partial charge on any atom is -0.508 e. The van der Waals surface area contributed by atoms with Crippen LogP contribution in [0, 0.1) is 36.5 Å². The predicted octanol–water partition coefficient (Wildman–Crippen LogP) is 7.99. The Hall–Kier alpha value is -6.94. The number of phenolic OH excluding ortho intramolecular Hbond substituents is 1. The number of nitrogens with zero attached hydrogens (tertiary/aromatic N) is 2. The molecule has 5 aliphatic rings. The number of hydrogen-bond acceptors (Lipinski definition) is 8. The minimum atomic E-state index is -1.42. The van der Waals surface area contributed by atoms with E-state index in [0.29, 0.717) is 35.5 Å². The van der Waals surface area contributed by atoms with Gasteiger partial charge >= 0.3 is 0 Å². The number of carbonyl (C=O) groups is 4. The van der Waals surface area contributed by atoms with Gasteiger partial charge in [-0.1, -0.05) is 77.9 Å². The van der Waals surface area contributed by atoms with Gasteiger partial charge in [0.25, 0.3) is 11.8 Å². The molecule has 288 valence electrons. The van der Waals surface area contributed by atoms with Crippen LogP contribution in [-0.2, 0) is 31.0 Å². The summed E-state index contributed by atoms with van der Waals surface area (Å²) in [6.45, 7) is 1.97. The lowest BCUT2D eigenvalue weighted by Crippen LogP contribution is -2.55. The van der Waals surface area contributed by atoms with Crippen molar-refractivity contribution in [1.82, 2.24) is 5.01 Å². The van der Waals surface area contributed by atoms with E-state index in [9.17, 15) is 14.7 Å². The number of para-hydroxylation sites is 1. The number of hydrazine groups is 1. The molecule has 3 N–H and O–H groups in total. The Bertz CT molecular complexity index is 2550. The van der Waals surface area contributed by atoms with Gasteiger partial charge in [0.05, 0.1) is 40.8 Å². The summed E-state index contributed by atoms with van der Waals surface area (Å²) in [4.78, 5) is 60.9. The molecule has 0 bridgehead atoms. The molecule has 2 aliphatic carbocycles. The lowest BCUT2D eigenvalue weighted by atomic mass is 9.48. The van der Waals surface area contributed by atoms with Gasteiger partial charge in [0.2, 0.25) is 11.8 Å². The SMILES string of the molecule is Cc1ccc(NN2C(=O)C3CC4C(=CCC5C(=O)N(c6ccc(Nc7ccccc7)cc6)C(=O)C54)C(C4=COc5ccc(O)cc5C4)C3(c3ccccc3)C2=O)cc1. The normalized spacial score (nSPS) is 25.8. The second-order valence-electron chi connectivity index (χ2n) is 15.9. The molecule has 6 atom stereocenters. The lowest BCUT2D eigenvalue weighted by Gasteiger charge is -2.51. The summed E-state index contributed by atoms with van der Waals surface area (Å²) in [5.41, 5.74) is 8.58. The van der Waals surface area contributed by atoms with Crippen molar-refractivity contribution >= 4 is 46.4 Å². The van der Waals surface area contributed by atoms with Gasteiger partial charge in [-0.05, 0) is 104 Å². The van der Waals surface area contributed by atoms with E-state index >= 15 is 9.59 Å². The van der Waals surface area contributed by atoms with Gasteiger partial charge in [-0.15, -0.1) is 0 Å². The van der Waals surface area contributed by atoms with Crippen molar-refractivity contribution in [3.8, 4) is 11.5 Å². The third-order valence-electron chi connectivity index (χ3n) is 12.7. The maximum atomic E-state index is 15.5. The van der Waals surface area contributed by atoms with Crippen LogP contribution in [0.4, 0.5) is 22.7 Å². The highest BCUT2D eigenvalue weighted by Crippen LogP contribution is 2.63. The van der Waals surface area contributed by atoms with E-state index in [4.69, 9.17) is 4.74 Å². The molecule has 10 rings (SSSR count). The average Bonchev–Trinajstić information content (AvgIpc) is 3.62. The number of hydrogen-bond donors (Lipinski definition) is 3. The monoisotopic (exact) mass is 768 g/mol. The van der Waals surface area contributed by atoms with E-state index in [-0.39, 0.29) is 24.0 Å². The first-order chi connectivity index (χ1) is 28.2. The van der Waals surface area contributed by atoms with Crippen LogP contribution in [0.2, 0.25) is 0 Å². The Balaban J connectivity index is 1.08. The number of imide groups is 2. The number of phenols is 1. The van der Waals surface area contributed by atoms with E-state index in [0.717, 1.165) is 38.7 Å². The first kappa shape index (κ1) is 35.5. The fourth-order valence-electron chi connectivity index (χ4n) is 10.2. The highest BCUT2D eigenvalue weighted by Gasteiger charge is 2.70. The Morgan fingerprint density at radius 3 is 2.17 bits per heavy atom. The second-order valence-corrected chi connectivity index (χ2v) is 15.9. The Labute approximate surface area is 335 Å². The van der Waals surface area contributed by atoms with Crippen LogP contribution in [0.15, 0.2) is 151 Å². The van der Waals surface area contributed by atoms with E-state index in [1.807, 2.05) is 110 Å². The molecule has 3 fully saturated rings. The number of ether oxygens (including phenoxy) is 1. The molecular weight excluding hydrogens is 729 g/mol. The van der Waals surface area contributed by atoms with Crippen molar-refractivity contribution in [1.29, 1.82) is 0 Å². The second kappa shape index (κ2) is 13.6. The van der Waals surface area contributed by atoms with Crippen molar-refractivity contribution in [2.24, 2.45) is 29.6 Å². The number of benzene rings is 5. The number of amides is 4. The van der Waals surface area contributed by atoms with Crippen LogP contribution in [0.25, 0.3) is 0 Å². The van der Waals surface area contributed by atoms with Crippen LogP contribution < -0.4 is 20.4 Å². The largest absolute Gasteiger partial charge is 0.508 e. The van der Waals surface area contributed by atoms with Crippen LogP contribution in [0.3, 0.4) is 0 Å². The molecule has 10 heteroatoms. The Kier molecular flexibility index (Phi) is 8.33. The predicted molar refractivity (Wildman–Crippen MR) is 219 cm³/mol. The first-order valence-electron chi connectivity index (χ1n) is 19.7. The number of aryl methyl sites for hydroxylation is 1. The third-order valence-corrected chi connectivity index (χ3v) is 12.7. The van der Waals surface area contributed by atoms with Crippen molar-refractivity contribution in [2.45, 2.75) is 31.6 Å². The summed E-state index contributed by atoms with van der Waals surface area (Å²) in [5, 5.41) is 15.0. The van der Waals surface area contributed by atoms with Crippen LogP contribution >= 0.6 is 0 Å². The molecule has 3 aliphatic heterocycles. The molecule has 5 aromatic carbocycles. The molecule has 3 heterocycles. The fraction of sp³-hybridized carbons (Fsp3) is 0.208. The zero-order chi connectivity index (χ0) is 39.7. The van der Waals surface area contributed by atoms with Gasteiger partial charge in [0, 0.05) is 29.3 Å². The van der Waals surface area contributed by atoms with Crippen LogP contribution in [0.5, 0.6) is 11.5 Å². The molecule has 6 unspecified atom stereocenters. The number of carbonyl (C=O) groups excluding carboxylic acids is 4. The van der Waals surface area contributed by atoms with Gasteiger partial charge < -0.3 is 15.2 Å². The number of allylic oxidation sites excluding steroid dienone is 3. The van der Waals surface area contributed by atoms with E-state index in [1.54, 1.807) is 36.6 Å². The van der Waals surface area contributed by atoms with Crippen LogP contribution in [0.1, 0.15) is 29.5 Å². The van der Waals surface area contributed by atoms with Gasteiger partial charge in [-0.25, -0.2) is 0 Å². The molecule has 0 aromatic heterocycles. The van der Waals surface area contributed by atoms with Gasteiger partial charge in [0.15, 0.2) is 0 Å². The minimum absolute atomic E-state index is 0.0834. The first-order valence-corrected chi connectivity index (χ1v) is 19.7. The zero-order valence-corrected chi connectivity index (χ0v) is 31.7. The molecule has 58 heavy (non-hydrogen) atoms. The number of rotatable bonds is 7. The maximum absolute atomic E-state index is 15.5. The number of anilines is 4. The topological polar surface area (TPSA) is 128 Å². The van der Waals surface area contributed by atoms with Crippen molar-refractivity contribution in [3.63, 3.8) is 0 Å². The lowest BCUT2D eigenvalue weighted by molar-refractivity contribution is -0.139. The molecular formula is C48H40N4O6. The standard InChI is InChI=1S/C48H40N4O6/c1-28-12-14-34(15-13-28)50-52-45(55)40-26-39-37(21-22-38-42(39)46(56)51(44(38)54)35-18-16-33(17-19-35)49-32-10-6-3-7-11-32)43(48(40,47(52)57)31-8-4-2-5-9-31)30-24-29-25-36(53)20-23-41(29)58-27-30/h2-21,23,25,27,38-40,42-43,49-50,53H,22,24,26H2,1H3. The van der Waals surface area contributed by atoms with Crippen molar-refractivity contribution in [2.75, 3.05) is 15.6 Å². The molecule has 1 saturated carbocycles. The molecule has 0 spiro atoms. The molecule has 2 saturated heterocycles. The Morgan fingerprint density at radius 2 is 1.43 bits per heavy atom. The summed E-state index contributed by atoms with van der Waals surface area (Å²) in [6.07, 6.45) is 4.55. The zero-order valence-electron chi connectivity index (χ0n) is 31.7. The highest BCUT2D eigenvalue weighted by molar-refractivity contribution is 6.22. The van der Waals surface area contributed by atoms with Crippen molar-refractivity contribution < 1.29 is 29.0 Å². The average molecular weight is 769 g/mol. The summed E-state index contributed by atoms with van der Waals surface area (Å²) in [5.74, 6) is -4.20. The summed E-state index contributed by atoms with van der Waals surface area (Å²) >= 11 is 0. The summed E-state index contributed by atoms with van der Waals surface area (Å²) in [7, 11) is 0. The van der Waals surface area contributed by atoms with Crippen LogP contribution in [-0.4, -0.2) is 33.7 Å². The van der Waals surface area contributed by atoms with Gasteiger partial charge in [-0.2, -0.15) is 5.01 Å². The summed E-state index contributed by atoms with van der Waals surface area (Å²) < 4.78 is 6.24. The van der Waals surface area contributed by atoms with E-state index < -0.39 is 46.8 Å². The third kappa shape index (κ3) is 5.46. The quantitative estimate of drug-likeness (QED) is 0.112. The number of nitrogens with one attached hydrogen (secondary N) is 2. The number of fused-ring (bicyclic) bond motifs is 5.